The standard InChI is InChI=1S/C24H31N3O/c1-4-5-6-12-17-27-21-16-11-10-15-20(21)25-23(27)22(18(2)3)26-24(28)19-13-8-7-9-14-19/h7-11,13-16,18,22H,4-6,12,17H2,1-3H3,(H,26,28)/t22-/m0/s1. The maximum atomic E-state index is 12.8. The molecule has 0 saturated heterocycles. The lowest BCUT2D eigenvalue weighted by molar-refractivity contribution is 0.0922. The average molecular weight is 378 g/mol. The lowest BCUT2D eigenvalue weighted by atomic mass is 10.0. The van der Waals surface area contributed by atoms with Crippen molar-refractivity contribution in [2.75, 3.05) is 0 Å². The van der Waals surface area contributed by atoms with Gasteiger partial charge < -0.3 is 9.88 Å². The van der Waals surface area contributed by atoms with Gasteiger partial charge in [-0.05, 0) is 36.6 Å². The van der Waals surface area contributed by atoms with Gasteiger partial charge in [0.25, 0.3) is 5.91 Å². The molecule has 2 aromatic carbocycles. The van der Waals surface area contributed by atoms with Gasteiger partial charge in [0.2, 0.25) is 0 Å². The first kappa shape index (κ1) is 20.1. The molecule has 3 aromatic rings. The molecule has 0 aliphatic rings. The van der Waals surface area contributed by atoms with Crippen LogP contribution >= 0.6 is 0 Å². The first-order valence-corrected chi connectivity index (χ1v) is 10.4. The van der Waals surface area contributed by atoms with E-state index < -0.39 is 0 Å². The van der Waals surface area contributed by atoms with E-state index in [1.807, 2.05) is 36.4 Å². The van der Waals surface area contributed by atoms with Crippen LogP contribution in [-0.2, 0) is 6.54 Å². The lowest BCUT2D eigenvalue weighted by Gasteiger charge is -2.23. The summed E-state index contributed by atoms with van der Waals surface area (Å²) in [5.74, 6) is 1.14. The maximum Gasteiger partial charge on any atom is 0.251 e. The molecule has 0 spiro atoms. The zero-order valence-corrected chi connectivity index (χ0v) is 17.2. The fourth-order valence-corrected chi connectivity index (χ4v) is 3.61. The second-order valence-electron chi connectivity index (χ2n) is 7.73. The van der Waals surface area contributed by atoms with E-state index in [-0.39, 0.29) is 17.9 Å². The summed E-state index contributed by atoms with van der Waals surface area (Å²) in [7, 11) is 0. The molecule has 0 fully saturated rings. The zero-order chi connectivity index (χ0) is 19.9. The Balaban J connectivity index is 1.92. The predicted octanol–water partition coefficient (Wildman–Crippen LogP) is 5.74. The number of unbranched alkanes of at least 4 members (excludes halogenated alkanes) is 3. The summed E-state index contributed by atoms with van der Waals surface area (Å²) in [5.41, 5.74) is 2.82. The van der Waals surface area contributed by atoms with E-state index in [0.29, 0.717) is 5.56 Å². The molecule has 4 heteroatoms. The summed E-state index contributed by atoms with van der Waals surface area (Å²) in [6.07, 6.45) is 4.81. The molecule has 0 unspecified atom stereocenters. The molecule has 0 aliphatic heterocycles. The normalized spacial score (nSPS) is 12.4. The van der Waals surface area contributed by atoms with Crippen LogP contribution in [0.1, 0.15) is 68.7 Å². The molecule has 1 atom stereocenters. The topological polar surface area (TPSA) is 46.9 Å². The van der Waals surface area contributed by atoms with Crippen LogP contribution in [0.3, 0.4) is 0 Å². The van der Waals surface area contributed by atoms with Gasteiger partial charge in [-0.3, -0.25) is 4.79 Å². The summed E-state index contributed by atoms with van der Waals surface area (Å²) in [5, 5.41) is 3.23. The zero-order valence-electron chi connectivity index (χ0n) is 17.2. The Labute approximate surface area is 168 Å². The number of hydrogen-bond donors (Lipinski definition) is 1. The van der Waals surface area contributed by atoms with E-state index in [4.69, 9.17) is 4.98 Å². The van der Waals surface area contributed by atoms with Gasteiger partial charge in [-0.1, -0.05) is 70.4 Å². The largest absolute Gasteiger partial charge is 0.342 e. The van der Waals surface area contributed by atoms with Crippen LogP contribution in [0.2, 0.25) is 0 Å². The Bertz CT molecular complexity index is 899. The number of benzene rings is 2. The van der Waals surface area contributed by atoms with Crippen molar-refractivity contribution in [2.24, 2.45) is 5.92 Å². The molecule has 0 bridgehead atoms. The molecule has 1 amide bonds. The summed E-state index contributed by atoms with van der Waals surface area (Å²) >= 11 is 0. The van der Waals surface area contributed by atoms with E-state index in [0.717, 1.165) is 29.8 Å². The number of para-hydroxylation sites is 2. The molecular weight excluding hydrogens is 346 g/mol. The van der Waals surface area contributed by atoms with Gasteiger partial charge in [-0.2, -0.15) is 0 Å². The van der Waals surface area contributed by atoms with Gasteiger partial charge in [0.1, 0.15) is 5.82 Å². The third kappa shape index (κ3) is 4.61. The highest BCUT2D eigenvalue weighted by molar-refractivity contribution is 5.94. The summed E-state index contributed by atoms with van der Waals surface area (Å²) in [6.45, 7) is 7.43. The third-order valence-electron chi connectivity index (χ3n) is 5.19. The molecule has 0 aliphatic carbocycles. The molecule has 4 nitrogen and oxygen atoms in total. The van der Waals surface area contributed by atoms with Crippen molar-refractivity contribution < 1.29 is 4.79 Å². The highest BCUT2D eigenvalue weighted by Crippen LogP contribution is 2.27. The molecule has 148 valence electrons. The number of nitrogens with one attached hydrogen (secondary N) is 1. The van der Waals surface area contributed by atoms with Crippen molar-refractivity contribution in [3.8, 4) is 0 Å². The van der Waals surface area contributed by atoms with Crippen molar-refractivity contribution in [2.45, 2.75) is 59.0 Å². The van der Waals surface area contributed by atoms with E-state index in [9.17, 15) is 4.79 Å². The van der Waals surface area contributed by atoms with Gasteiger partial charge in [0.05, 0.1) is 17.1 Å². The number of amides is 1. The highest BCUT2D eigenvalue weighted by atomic mass is 16.1. The molecular formula is C24H31N3O. The van der Waals surface area contributed by atoms with Gasteiger partial charge in [-0.15, -0.1) is 0 Å². The van der Waals surface area contributed by atoms with Crippen LogP contribution in [0.5, 0.6) is 0 Å². The van der Waals surface area contributed by atoms with Gasteiger partial charge in [0, 0.05) is 12.1 Å². The predicted molar refractivity (Wildman–Crippen MR) is 115 cm³/mol. The van der Waals surface area contributed by atoms with Crippen LogP contribution in [0.25, 0.3) is 11.0 Å². The van der Waals surface area contributed by atoms with Crippen LogP contribution in [0, 0.1) is 5.92 Å². The average Bonchev–Trinajstić information content (AvgIpc) is 3.08. The fraction of sp³-hybridized carbons (Fsp3) is 0.417. The first-order chi connectivity index (χ1) is 13.6. The SMILES string of the molecule is CCCCCCn1c([C@@H](NC(=O)c2ccccc2)C(C)C)nc2ccccc21. The van der Waals surface area contributed by atoms with Gasteiger partial charge in [-0.25, -0.2) is 4.98 Å². The Kier molecular flexibility index (Phi) is 6.85. The van der Waals surface area contributed by atoms with Crippen molar-refractivity contribution >= 4 is 16.9 Å². The number of hydrogen-bond acceptors (Lipinski definition) is 2. The molecule has 1 N–H and O–H groups in total. The van der Waals surface area contributed by atoms with Crippen molar-refractivity contribution in [3.05, 3.63) is 66.0 Å². The fourth-order valence-electron chi connectivity index (χ4n) is 3.61. The van der Waals surface area contributed by atoms with Crippen LogP contribution in [0.15, 0.2) is 54.6 Å². The van der Waals surface area contributed by atoms with Gasteiger partial charge >= 0.3 is 0 Å². The number of aryl methyl sites for hydroxylation is 1. The van der Waals surface area contributed by atoms with Crippen LogP contribution in [0.4, 0.5) is 0 Å². The third-order valence-corrected chi connectivity index (χ3v) is 5.19. The summed E-state index contributed by atoms with van der Waals surface area (Å²) < 4.78 is 2.31. The lowest BCUT2D eigenvalue weighted by Crippen LogP contribution is -2.33. The number of imidazole rings is 1. The molecule has 1 aromatic heterocycles. The number of carbonyl (C=O) groups excluding carboxylic acids is 1. The van der Waals surface area contributed by atoms with E-state index in [2.05, 4.69) is 48.9 Å². The van der Waals surface area contributed by atoms with Crippen molar-refractivity contribution in [3.63, 3.8) is 0 Å². The van der Waals surface area contributed by atoms with Crippen molar-refractivity contribution in [1.82, 2.24) is 14.9 Å². The van der Waals surface area contributed by atoms with Crippen molar-refractivity contribution in [1.29, 1.82) is 0 Å². The maximum absolute atomic E-state index is 12.8. The number of aromatic nitrogens is 2. The minimum Gasteiger partial charge on any atom is -0.342 e. The minimum absolute atomic E-state index is 0.0520. The monoisotopic (exact) mass is 377 g/mol. The number of rotatable bonds is 9. The molecule has 0 radical (unpaired) electrons. The van der Waals surface area contributed by atoms with E-state index in [1.165, 1.54) is 19.3 Å². The number of fused-ring (bicyclic) bond motifs is 1. The Morgan fingerprint density at radius 1 is 1.00 bits per heavy atom. The molecule has 3 rings (SSSR count). The number of nitrogens with zero attached hydrogens (tertiary/aromatic N) is 2. The Morgan fingerprint density at radius 2 is 1.71 bits per heavy atom. The quantitative estimate of drug-likeness (QED) is 0.483. The minimum atomic E-state index is -0.133. The molecule has 0 saturated carbocycles. The smallest absolute Gasteiger partial charge is 0.251 e. The molecule has 1 heterocycles. The Morgan fingerprint density at radius 3 is 2.43 bits per heavy atom. The molecule has 28 heavy (non-hydrogen) atoms. The second kappa shape index (κ2) is 9.54. The van der Waals surface area contributed by atoms with E-state index >= 15 is 0 Å². The Hall–Kier alpha value is -2.62. The second-order valence-corrected chi connectivity index (χ2v) is 7.73. The summed E-state index contributed by atoms with van der Waals surface area (Å²) in [4.78, 5) is 17.7. The first-order valence-electron chi connectivity index (χ1n) is 10.4. The van der Waals surface area contributed by atoms with Gasteiger partial charge in [0.15, 0.2) is 0 Å². The highest BCUT2D eigenvalue weighted by Gasteiger charge is 2.25. The van der Waals surface area contributed by atoms with E-state index in [1.54, 1.807) is 0 Å². The van der Waals surface area contributed by atoms with Crippen LogP contribution in [-0.4, -0.2) is 15.5 Å². The van der Waals surface area contributed by atoms with Crippen LogP contribution < -0.4 is 5.32 Å². The summed E-state index contributed by atoms with van der Waals surface area (Å²) in [6, 6.07) is 17.5. The number of carbonyl (C=O) groups is 1.